The molecule has 3 rings (SSSR count). The van der Waals surface area contributed by atoms with Gasteiger partial charge in [0.2, 0.25) is 5.16 Å². The molecule has 1 heterocycles. The van der Waals surface area contributed by atoms with Crippen molar-refractivity contribution in [3.8, 4) is 11.4 Å². The van der Waals surface area contributed by atoms with Gasteiger partial charge < -0.3 is 0 Å². The molecule has 126 valence electrons. The van der Waals surface area contributed by atoms with E-state index in [1.54, 1.807) is 0 Å². The summed E-state index contributed by atoms with van der Waals surface area (Å²) in [5.74, 6) is 0.666. The number of aryl methyl sites for hydroxylation is 1. The van der Waals surface area contributed by atoms with Crippen molar-refractivity contribution in [2.75, 3.05) is 5.75 Å². The van der Waals surface area contributed by atoms with Gasteiger partial charge >= 0.3 is 0 Å². The van der Waals surface area contributed by atoms with E-state index in [-0.39, 0.29) is 17.2 Å². The highest BCUT2D eigenvalue weighted by Crippen LogP contribution is 2.21. The average Bonchev–Trinajstić information content (AvgIpc) is 3.09. The number of thioether (sulfide) groups is 1. The van der Waals surface area contributed by atoms with Crippen LogP contribution in [0.1, 0.15) is 15.9 Å². The number of benzene rings is 2. The Morgan fingerprint density at radius 3 is 2.68 bits per heavy atom. The number of carbonyl (C=O) groups is 1. The average molecular weight is 354 g/mol. The molecule has 7 nitrogen and oxygen atoms in total. The number of hydrogen-bond donors (Lipinski definition) is 1. The second-order valence-corrected chi connectivity index (χ2v) is 6.29. The Hall–Kier alpha value is -3.00. The Labute approximate surface area is 147 Å². The highest BCUT2D eigenvalue weighted by molar-refractivity contribution is 7.99. The third-order valence-electron chi connectivity index (χ3n) is 3.49. The molecular formula is C17H14N4O3S. The largest absolute Gasteiger partial charge is 0.293 e. The molecule has 0 unspecified atom stereocenters. The number of aromatic nitrogens is 3. The number of nitro groups is 1. The zero-order valence-corrected chi connectivity index (χ0v) is 14.1. The molecule has 0 saturated carbocycles. The van der Waals surface area contributed by atoms with E-state index in [1.165, 1.54) is 36.0 Å². The Bertz CT molecular complexity index is 922. The first-order chi connectivity index (χ1) is 12.0. The molecule has 0 atom stereocenters. The number of Topliss-reactive ketones (excluding diaryl/α,β-unsaturated/α-hetero) is 1. The Morgan fingerprint density at radius 1 is 1.24 bits per heavy atom. The monoisotopic (exact) mass is 354 g/mol. The van der Waals surface area contributed by atoms with Gasteiger partial charge in [-0.3, -0.25) is 20.0 Å². The second-order valence-electron chi connectivity index (χ2n) is 5.35. The van der Waals surface area contributed by atoms with Crippen LogP contribution in [-0.4, -0.2) is 31.6 Å². The highest BCUT2D eigenvalue weighted by atomic mass is 32.2. The van der Waals surface area contributed by atoms with Crippen LogP contribution in [0.4, 0.5) is 5.69 Å². The minimum atomic E-state index is -0.497. The number of nitrogens with one attached hydrogen (secondary N) is 1. The van der Waals surface area contributed by atoms with Crippen LogP contribution in [0.2, 0.25) is 0 Å². The molecule has 0 aliphatic rings. The molecule has 0 aliphatic carbocycles. The van der Waals surface area contributed by atoms with Crippen molar-refractivity contribution in [3.05, 3.63) is 69.8 Å². The molecule has 1 N–H and O–H groups in total. The molecule has 0 spiro atoms. The van der Waals surface area contributed by atoms with Crippen molar-refractivity contribution in [1.82, 2.24) is 15.2 Å². The Kier molecular flexibility index (Phi) is 4.90. The van der Waals surface area contributed by atoms with E-state index in [0.717, 1.165) is 11.1 Å². The van der Waals surface area contributed by atoms with Gasteiger partial charge in [-0.1, -0.05) is 35.5 Å². The lowest BCUT2D eigenvalue weighted by atomic mass is 10.1. The van der Waals surface area contributed by atoms with Gasteiger partial charge in [0.05, 0.1) is 10.7 Å². The third kappa shape index (κ3) is 4.10. The van der Waals surface area contributed by atoms with Gasteiger partial charge in [0.15, 0.2) is 11.6 Å². The molecule has 3 aromatic rings. The van der Waals surface area contributed by atoms with E-state index < -0.39 is 4.92 Å². The predicted octanol–water partition coefficient (Wildman–Crippen LogP) is 3.66. The van der Waals surface area contributed by atoms with E-state index in [0.29, 0.717) is 16.5 Å². The van der Waals surface area contributed by atoms with E-state index in [4.69, 9.17) is 0 Å². The highest BCUT2D eigenvalue weighted by Gasteiger charge is 2.12. The van der Waals surface area contributed by atoms with Gasteiger partial charge in [0.25, 0.3) is 5.69 Å². The molecule has 0 fully saturated rings. The molecule has 0 aliphatic heterocycles. The van der Waals surface area contributed by atoms with Gasteiger partial charge in [-0.2, -0.15) is 0 Å². The van der Waals surface area contributed by atoms with Gasteiger partial charge in [-0.15, -0.1) is 5.10 Å². The zero-order valence-electron chi connectivity index (χ0n) is 13.3. The third-order valence-corrected chi connectivity index (χ3v) is 4.34. The van der Waals surface area contributed by atoms with Crippen LogP contribution in [-0.2, 0) is 0 Å². The molecule has 1 aromatic heterocycles. The standard InChI is InChI=1S/C17H14N4O3S/c1-11-3-2-4-13(9-11)16-18-17(20-19-16)25-10-15(22)12-5-7-14(8-6-12)21(23)24/h2-9H,10H2,1H3,(H,18,19,20). The molecular weight excluding hydrogens is 340 g/mol. The number of aromatic amines is 1. The summed E-state index contributed by atoms with van der Waals surface area (Å²) >= 11 is 1.22. The maximum Gasteiger partial charge on any atom is 0.269 e. The lowest BCUT2D eigenvalue weighted by molar-refractivity contribution is -0.384. The summed E-state index contributed by atoms with van der Waals surface area (Å²) in [5.41, 5.74) is 2.44. The van der Waals surface area contributed by atoms with Crippen LogP contribution in [0, 0.1) is 17.0 Å². The van der Waals surface area contributed by atoms with Crippen molar-refractivity contribution in [3.63, 3.8) is 0 Å². The Balaban J connectivity index is 1.64. The summed E-state index contributed by atoms with van der Waals surface area (Å²) in [7, 11) is 0. The van der Waals surface area contributed by atoms with E-state index in [9.17, 15) is 14.9 Å². The van der Waals surface area contributed by atoms with Gasteiger partial charge in [0.1, 0.15) is 0 Å². The number of carbonyl (C=O) groups excluding carboxylic acids is 1. The number of nitro benzene ring substituents is 1. The zero-order chi connectivity index (χ0) is 17.8. The molecule has 0 amide bonds. The maximum absolute atomic E-state index is 12.2. The minimum absolute atomic E-state index is 0.0408. The summed E-state index contributed by atoms with van der Waals surface area (Å²) in [6.07, 6.45) is 0. The lowest BCUT2D eigenvalue weighted by Crippen LogP contribution is -2.02. The van der Waals surface area contributed by atoms with Gasteiger partial charge in [0, 0.05) is 23.3 Å². The van der Waals surface area contributed by atoms with Gasteiger partial charge in [-0.25, -0.2) is 4.98 Å². The van der Waals surface area contributed by atoms with Crippen LogP contribution < -0.4 is 0 Å². The summed E-state index contributed by atoms with van der Waals surface area (Å²) < 4.78 is 0. The molecule has 0 saturated heterocycles. The van der Waals surface area contributed by atoms with Gasteiger partial charge in [-0.05, 0) is 25.1 Å². The fraction of sp³-hybridized carbons (Fsp3) is 0.118. The molecule has 2 aromatic carbocycles. The number of nitrogens with zero attached hydrogens (tertiary/aromatic N) is 3. The van der Waals surface area contributed by atoms with Crippen LogP contribution >= 0.6 is 11.8 Å². The molecule has 0 bridgehead atoms. The van der Waals surface area contributed by atoms with Crippen LogP contribution in [0.15, 0.2) is 53.7 Å². The number of hydrogen-bond acceptors (Lipinski definition) is 6. The molecule has 0 radical (unpaired) electrons. The first-order valence-electron chi connectivity index (χ1n) is 7.43. The summed E-state index contributed by atoms with van der Waals surface area (Å²) in [6, 6.07) is 13.4. The van der Waals surface area contributed by atoms with Crippen LogP contribution in [0.5, 0.6) is 0 Å². The normalized spacial score (nSPS) is 10.6. The van der Waals surface area contributed by atoms with E-state index >= 15 is 0 Å². The number of H-pyrrole nitrogens is 1. The van der Waals surface area contributed by atoms with Crippen LogP contribution in [0.3, 0.4) is 0 Å². The fourth-order valence-electron chi connectivity index (χ4n) is 2.21. The van der Waals surface area contributed by atoms with Crippen molar-refractivity contribution in [2.24, 2.45) is 0 Å². The lowest BCUT2D eigenvalue weighted by Gasteiger charge is -1.99. The van der Waals surface area contributed by atoms with Crippen molar-refractivity contribution in [1.29, 1.82) is 0 Å². The fourth-order valence-corrected chi connectivity index (χ4v) is 2.91. The van der Waals surface area contributed by atoms with Crippen molar-refractivity contribution in [2.45, 2.75) is 12.1 Å². The predicted molar refractivity (Wildman–Crippen MR) is 94.7 cm³/mol. The second kappa shape index (κ2) is 7.27. The maximum atomic E-state index is 12.2. The number of non-ortho nitro benzene ring substituents is 1. The topological polar surface area (TPSA) is 102 Å². The summed E-state index contributed by atoms with van der Waals surface area (Å²) in [4.78, 5) is 26.7. The van der Waals surface area contributed by atoms with E-state index in [2.05, 4.69) is 15.2 Å². The quantitative estimate of drug-likeness (QED) is 0.314. The SMILES string of the molecule is Cc1cccc(-c2nc(SCC(=O)c3ccc([N+](=O)[O-])cc3)n[nH]2)c1. The van der Waals surface area contributed by atoms with Crippen molar-refractivity contribution >= 4 is 23.2 Å². The minimum Gasteiger partial charge on any atom is -0.293 e. The molecule has 25 heavy (non-hydrogen) atoms. The molecule has 8 heteroatoms. The summed E-state index contributed by atoms with van der Waals surface area (Å²) in [6.45, 7) is 2.00. The number of ketones is 1. The first-order valence-corrected chi connectivity index (χ1v) is 8.41. The smallest absolute Gasteiger partial charge is 0.269 e. The Morgan fingerprint density at radius 2 is 2.00 bits per heavy atom. The first kappa shape index (κ1) is 16.8. The summed E-state index contributed by atoms with van der Waals surface area (Å²) in [5, 5.41) is 18.1. The van der Waals surface area contributed by atoms with Crippen molar-refractivity contribution < 1.29 is 9.72 Å². The van der Waals surface area contributed by atoms with E-state index in [1.807, 2.05) is 31.2 Å². The number of rotatable bonds is 6. The van der Waals surface area contributed by atoms with Crippen LogP contribution in [0.25, 0.3) is 11.4 Å².